The van der Waals surface area contributed by atoms with Crippen LogP contribution >= 0.6 is 0 Å². The number of halogens is 2. The van der Waals surface area contributed by atoms with Crippen LogP contribution in [0.2, 0.25) is 0 Å². The molecular formula is C16H18F2N4O. The Morgan fingerprint density at radius 3 is 2.74 bits per heavy atom. The van der Waals surface area contributed by atoms with E-state index in [1.807, 2.05) is 0 Å². The molecule has 0 atom stereocenters. The zero-order valence-electron chi connectivity index (χ0n) is 12.5. The van der Waals surface area contributed by atoms with Crippen LogP contribution in [0.3, 0.4) is 0 Å². The molecule has 0 aliphatic heterocycles. The number of hydrogen-bond acceptors (Lipinski definition) is 5. The number of anilines is 3. The van der Waals surface area contributed by atoms with E-state index in [4.69, 9.17) is 5.11 Å². The molecule has 122 valence electrons. The number of hydrogen-bond donors (Lipinski definition) is 3. The summed E-state index contributed by atoms with van der Waals surface area (Å²) in [5.41, 5.74) is 0.914. The fourth-order valence-corrected chi connectivity index (χ4v) is 2.21. The van der Waals surface area contributed by atoms with E-state index in [9.17, 15) is 8.78 Å². The van der Waals surface area contributed by atoms with Crippen molar-refractivity contribution >= 4 is 17.5 Å². The molecule has 0 amide bonds. The Kier molecular flexibility index (Phi) is 4.66. The second kappa shape index (κ2) is 6.87. The number of nitrogens with zero attached hydrogens (tertiary/aromatic N) is 2. The van der Waals surface area contributed by atoms with E-state index in [2.05, 4.69) is 20.6 Å². The minimum Gasteiger partial charge on any atom is -0.396 e. The van der Waals surface area contributed by atoms with Gasteiger partial charge < -0.3 is 15.7 Å². The first-order valence-corrected chi connectivity index (χ1v) is 7.61. The number of aliphatic hydroxyl groups is 1. The van der Waals surface area contributed by atoms with E-state index in [0.717, 1.165) is 36.7 Å². The normalized spacial score (nSPS) is 13.9. The quantitative estimate of drug-likeness (QED) is 0.684. The van der Waals surface area contributed by atoms with Crippen molar-refractivity contribution in [2.45, 2.75) is 25.2 Å². The fourth-order valence-electron chi connectivity index (χ4n) is 2.21. The van der Waals surface area contributed by atoms with Crippen LogP contribution in [0.5, 0.6) is 0 Å². The van der Waals surface area contributed by atoms with Gasteiger partial charge in [0, 0.05) is 31.2 Å². The molecule has 1 aliphatic carbocycles. The van der Waals surface area contributed by atoms with Crippen molar-refractivity contribution < 1.29 is 13.9 Å². The van der Waals surface area contributed by atoms with Crippen molar-refractivity contribution in [3.8, 4) is 0 Å². The van der Waals surface area contributed by atoms with Gasteiger partial charge in [-0.3, -0.25) is 0 Å². The predicted molar refractivity (Wildman–Crippen MR) is 83.8 cm³/mol. The van der Waals surface area contributed by atoms with E-state index in [1.54, 1.807) is 6.07 Å². The summed E-state index contributed by atoms with van der Waals surface area (Å²) in [6.07, 6.45) is 2.72. The number of rotatable bonds is 7. The minimum atomic E-state index is -0.548. The lowest BCUT2D eigenvalue weighted by molar-refractivity contribution is 0.292. The minimum absolute atomic E-state index is 0.0340. The van der Waals surface area contributed by atoms with Gasteiger partial charge in [0.15, 0.2) is 0 Å². The van der Waals surface area contributed by atoms with Gasteiger partial charge in [-0.15, -0.1) is 0 Å². The maximum atomic E-state index is 13.8. The van der Waals surface area contributed by atoms with Crippen molar-refractivity contribution in [2.24, 2.45) is 0 Å². The molecule has 3 N–H and O–H groups in total. The highest BCUT2D eigenvalue weighted by atomic mass is 19.1. The lowest BCUT2D eigenvalue weighted by Gasteiger charge is -2.11. The zero-order valence-corrected chi connectivity index (χ0v) is 12.5. The van der Waals surface area contributed by atoms with Crippen LogP contribution < -0.4 is 10.6 Å². The second-order valence-corrected chi connectivity index (χ2v) is 5.53. The highest BCUT2D eigenvalue weighted by Crippen LogP contribution is 2.40. The van der Waals surface area contributed by atoms with Crippen LogP contribution in [0.15, 0.2) is 24.3 Å². The van der Waals surface area contributed by atoms with Crippen LogP contribution in [0.4, 0.5) is 26.2 Å². The van der Waals surface area contributed by atoms with E-state index in [0.29, 0.717) is 30.6 Å². The average molecular weight is 320 g/mol. The highest BCUT2D eigenvalue weighted by Gasteiger charge is 2.26. The summed E-state index contributed by atoms with van der Waals surface area (Å²) >= 11 is 0. The summed E-state index contributed by atoms with van der Waals surface area (Å²) in [5.74, 6) is 0.161. The first-order valence-electron chi connectivity index (χ1n) is 7.61. The topological polar surface area (TPSA) is 70.1 Å². The average Bonchev–Trinajstić information content (AvgIpc) is 3.36. The maximum Gasteiger partial charge on any atom is 0.224 e. The third-order valence-electron chi connectivity index (χ3n) is 3.55. The second-order valence-electron chi connectivity index (χ2n) is 5.53. The fraction of sp³-hybridized carbons (Fsp3) is 0.375. The molecule has 23 heavy (non-hydrogen) atoms. The number of aliphatic hydroxyl groups excluding tert-OH is 1. The summed E-state index contributed by atoms with van der Waals surface area (Å²) in [6, 6.07) is 4.99. The smallest absolute Gasteiger partial charge is 0.224 e. The maximum absolute atomic E-state index is 13.8. The van der Waals surface area contributed by atoms with Gasteiger partial charge in [0.1, 0.15) is 17.5 Å². The van der Waals surface area contributed by atoms with Crippen LogP contribution in [0, 0.1) is 11.6 Å². The molecule has 5 nitrogen and oxygen atoms in total. The molecule has 0 bridgehead atoms. The van der Waals surface area contributed by atoms with Gasteiger partial charge in [-0.05, 0) is 31.4 Å². The van der Waals surface area contributed by atoms with Crippen LogP contribution in [-0.2, 0) is 0 Å². The molecule has 0 radical (unpaired) electrons. The Morgan fingerprint density at radius 2 is 2.00 bits per heavy atom. The van der Waals surface area contributed by atoms with Crippen molar-refractivity contribution in [1.82, 2.24) is 9.97 Å². The summed E-state index contributed by atoms with van der Waals surface area (Å²) in [4.78, 5) is 8.71. The van der Waals surface area contributed by atoms with Gasteiger partial charge in [0.05, 0.1) is 11.4 Å². The zero-order chi connectivity index (χ0) is 16.2. The molecule has 0 unspecified atom stereocenters. The molecule has 1 aromatic carbocycles. The van der Waals surface area contributed by atoms with Gasteiger partial charge in [-0.2, -0.15) is 4.98 Å². The summed E-state index contributed by atoms with van der Waals surface area (Å²) in [5, 5.41) is 14.7. The highest BCUT2D eigenvalue weighted by molar-refractivity contribution is 5.58. The van der Waals surface area contributed by atoms with Gasteiger partial charge >= 0.3 is 0 Å². The molecule has 1 heterocycles. The summed E-state index contributed by atoms with van der Waals surface area (Å²) < 4.78 is 27.0. The lowest BCUT2D eigenvalue weighted by atomic mass is 10.2. The van der Waals surface area contributed by atoms with Crippen LogP contribution in [0.1, 0.15) is 30.9 Å². The first-order chi connectivity index (χ1) is 11.2. The van der Waals surface area contributed by atoms with Crippen molar-refractivity contribution in [3.63, 3.8) is 0 Å². The Labute approximate surface area is 132 Å². The van der Waals surface area contributed by atoms with Gasteiger partial charge in [0.25, 0.3) is 0 Å². The number of nitrogens with one attached hydrogen (secondary N) is 2. The lowest BCUT2D eigenvalue weighted by Crippen LogP contribution is -2.09. The standard InChI is InChI=1S/C16H18F2N4O/c17-11-4-5-12(18)14(8-11)20-15-9-13(10-2-3-10)21-16(22-15)19-6-1-7-23/h4-5,8-10,23H,1-3,6-7H2,(H2,19,20,21,22). The summed E-state index contributed by atoms with van der Waals surface area (Å²) in [7, 11) is 0. The Morgan fingerprint density at radius 1 is 1.17 bits per heavy atom. The number of aromatic nitrogens is 2. The molecule has 2 aromatic rings. The molecule has 0 spiro atoms. The van der Waals surface area contributed by atoms with Crippen molar-refractivity contribution in [1.29, 1.82) is 0 Å². The number of benzene rings is 1. The van der Waals surface area contributed by atoms with E-state index >= 15 is 0 Å². The molecule has 1 aromatic heterocycles. The molecule has 1 fully saturated rings. The Bertz CT molecular complexity index is 692. The molecule has 3 rings (SSSR count). The third kappa shape index (κ3) is 4.13. The monoisotopic (exact) mass is 320 g/mol. The molecule has 1 saturated carbocycles. The van der Waals surface area contributed by atoms with Crippen LogP contribution in [-0.4, -0.2) is 28.2 Å². The van der Waals surface area contributed by atoms with Crippen molar-refractivity contribution in [2.75, 3.05) is 23.8 Å². The van der Waals surface area contributed by atoms with E-state index in [-0.39, 0.29) is 12.3 Å². The Balaban J connectivity index is 1.83. The SMILES string of the molecule is OCCCNc1nc(Nc2cc(F)ccc2F)cc(C2CC2)n1. The van der Waals surface area contributed by atoms with Crippen molar-refractivity contribution in [3.05, 3.63) is 41.6 Å². The Hall–Kier alpha value is -2.28. The molecular weight excluding hydrogens is 302 g/mol. The van der Waals surface area contributed by atoms with Gasteiger partial charge in [-0.1, -0.05) is 0 Å². The molecule has 1 aliphatic rings. The third-order valence-corrected chi connectivity index (χ3v) is 3.55. The van der Waals surface area contributed by atoms with Gasteiger partial charge in [-0.25, -0.2) is 13.8 Å². The van der Waals surface area contributed by atoms with Gasteiger partial charge in [0.2, 0.25) is 5.95 Å². The van der Waals surface area contributed by atoms with E-state index < -0.39 is 11.6 Å². The predicted octanol–water partition coefficient (Wildman–Crippen LogP) is 3.17. The molecule has 7 heteroatoms. The van der Waals surface area contributed by atoms with Crippen LogP contribution in [0.25, 0.3) is 0 Å². The molecule has 0 saturated heterocycles. The summed E-state index contributed by atoms with van der Waals surface area (Å²) in [6.45, 7) is 0.618. The van der Waals surface area contributed by atoms with E-state index in [1.165, 1.54) is 0 Å². The largest absolute Gasteiger partial charge is 0.396 e. The first kappa shape index (κ1) is 15.6.